The van der Waals surface area contributed by atoms with Crippen molar-refractivity contribution >= 4 is 11.6 Å². The van der Waals surface area contributed by atoms with Crippen molar-refractivity contribution in [2.75, 3.05) is 38.9 Å². The highest BCUT2D eigenvalue weighted by Gasteiger charge is 2.35. The van der Waals surface area contributed by atoms with Crippen molar-refractivity contribution in [1.29, 1.82) is 0 Å². The monoisotopic (exact) mass is 384 g/mol. The Kier molecular flexibility index (Phi) is 5.11. The predicted octanol–water partition coefficient (Wildman–Crippen LogP) is 2.35. The molecule has 2 aliphatic heterocycles. The number of fused-ring (bicyclic) bond motifs is 1. The molecule has 28 heavy (non-hydrogen) atoms. The van der Waals surface area contributed by atoms with E-state index < -0.39 is 5.60 Å². The van der Waals surface area contributed by atoms with E-state index in [0.717, 1.165) is 17.0 Å². The highest BCUT2D eigenvalue weighted by Crippen LogP contribution is 2.39. The Balaban J connectivity index is 1.31. The SMILES string of the molecule is COc1ccc(NC(=O)CN2CCC(O)(c3ccc4c(c3)OCO4)CC2)cc1. The zero-order valence-corrected chi connectivity index (χ0v) is 15.8. The maximum atomic E-state index is 12.3. The van der Waals surface area contributed by atoms with Crippen molar-refractivity contribution in [3.8, 4) is 17.2 Å². The zero-order valence-electron chi connectivity index (χ0n) is 15.8. The number of hydrogen-bond acceptors (Lipinski definition) is 6. The van der Waals surface area contributed by atoms with E-state index in [0.29, 0.717) is 44.0 Å². The van der Waals surface area contributed by atoms with Crippen molar-refractivity contribution < 1.29 is 24.1 Å². The molecule has 0 unspecified atom stereocenters. The molecule has 2 aromatic carbocycles. The van der Waals surface area contributed by atoms with Crippen molar-refractivity contribution in [3.63, 3.8) is 0 Å². The first-order valence-electron chi connectivity index (χ1n) is 9.34. The molecular formula is C21H24N2O5. The van der Waals surface area contributed by atoms with E-state index in [1.54, 1.807) is 7.11 Å². The average molecular weight is 384 g/mol. The Bertz CT molecular complexity index is 844. The molecule has 0 radical (unpaired) electrons. The number of anilines is 1. The summed E-state index contributed by atoms with van der Waals surface area (Å²) in [4.78, 5) is 14.4. The Morgan fingerprint density at radius 2 is 1.86 bits per heavy atom. The standard InChI is InChI=1S/C21H24N2O5/c1-26-17-5-3-16(4-6-17)22-20(24)13-23-10-8-21(25,9-11-23)15-2-7-18-19(12-15)28-14-27-18/h2-7,12,25H,8-11,13-14H2,1H3,(H,22,24). The molecule has 0 spiro atoms. The van der Waals surface area contributed by atoms with Crippen LogP contribution in [0, 0.1) is 0 Å². The third-order valence-corrected chi connectivity index (χ3v) is 5.33. The van der Waals surface area contributed by atoms with Crippen LogP contribution in [0.15, 0.2) is 42.5 Å². The van der Waals surface area contributed by atoms with Gasteiger partial charge in [0.1, 0.15) is 5.75 Å². The minimum Gasteiger partial charge on any atom is -0.497 e. The number of ether oxygens (including phenoxy) is 3. The second-order valence-electron chi connectivity index (χ2n) is 7.15. The smallest absolute Gasteiger partial charge is 0.238 e. The third-order valence-electron chi connectivity index (χ3n) is 5.33. The molecule has 1 fully saturated rings. The molecule has 2 N–H and O–H groups in total. The van der Waals surface area contributed by atoms with Crippen LogP contribution in [0.2, 0.25) is 0 Å². The van der Waals surface area contributed by atoms with Crippen LogP contribution in [0.5, 0.6) is 17.2 Å². The average Bonchev–Trinajstić information content (AvgIpc) is 3.18. The van der Waals surface area contributed by atoms with Gasteiger partial charge in [0.05, 0.1) is 19.3 Å². The van der Waals surface area contributed by atoms with Gasteiger partial charge in [-0.15, -0.1) is 0 Å². The molecule has 2 aromatic rings. The van der Waals surface area contributed by atoms with Crippen molar-refractivity contribution in [2.45, 2.75) is 18.4 Å². The van der Waals surface area contributed by atoms with Gasteiger partial charge in [-0.1, -0.05) is 6.07 Å². The van der Waals surface area contributed by atoms with Crippen LogP contribution >= 0.6 is 0 Å². The molecule has 1 amide bonds. The minimum absolute atomic E-state index is 0.0707. The first kappa shape index (κ1) is 18.6. The normalized spacial score (nSPS) is 17.9. The van der Waals surface area contributed by atoms with Crippen LogP contribution < -0.4 is 19.5 Å². The highest BCUT2D eigenvalue weighted by atomic mass is 16.7. The Morgan fingerprint density at radius 3 is 2.57 bits per heavy atom. The fourth-order valence-corrected chi connectivity index (χ4v) is 3.63. The number of benzene rings is 2. The van der Waals surface area contributed by atoms with Crippen molar-refractivity contribution in [3.05, 3.63) is 48.0 Å². The maximum absolute atomic E-state index is 12.3. The molecule has 0 aromatic heterocycles. The number of carbonyl (C=O) groups excluding carboxylic acids is 1. The van der Waals surface area contributed by atoms with Crippen LogP contribution in [0.3, 0.4) is 0 Å². The van der Waals surface area contributed by atoms with Gasteiger partial charge in [0, 0.05) is 18.8 Å². The Hall–Kier alpha value is -2.77. The molecule has 148 valence electrons. The lowest BCUT2D eigenvalue weighted by Gasteiger charge is -2.38. The third kappa shape index (κ3) is 3.90. The molecule has 0 saturated carbocycles. The summed E-state index contributed by atoms with van der Waals surface area (Å²) in [7, 11) is 1.61. The number of piperidine rings is 1. The van der Waals surface area contributed by atoms with Crippen LogP contribution in [-0.2, 0) is 10.4 Å². The number of likely N-dealkylation sites (tertiary alicyclic amines) is 1. The fourth-order valence-electron chi connectivity index (χ4n) is 3.63. The minimum atomic E-state index is -0.913. The molecule has 7 heteroatoms. The highest BCUT2D eigenvalue weighted by molar-refractivity contribution is 5.92. The van der Waals surface area contributed by atoms with Gasteiger partial charge in [0.25, 0.3) is 0 Å². The number of rotatable bonds is 5. The lowest BCUT2D eigenvalue weighted by molar-refractivity contribution is -0.118. The van der Waals surface area contributed by atoms with Crippen LogP contribution in [-0.4, -0.2) is 49.5 Å². The second-order valence-corrected chi connectivity index (χ2v) is 7.15. The van der Waals surface area contributed by atoms with Crippen LogP contribution in [0.1, 0.15) is 18.4 Å². The number of nitrogens with one attached hydrogen (secondary N) is 1. The van der Waals surface area contributed by atoms with Gasteiger partial charge < -0.3 is 24.6 Å². The second kappa shape index (κ2) is 7.69. The quantitative estimate of drug-likeness (QED) is 0.824. The summed E-state index contributed by atoms with van der Waals surface area (Å²) >= 11 is 0. The lowest BCUT2D eigenvalue weighted by atomic mass is 9.84. The molecule has 7 nitrogen and oxygen atoms in total. The summed E-state index contributed by atoms with van der Waals surface area (Å²) in [6.07, 6.45) is 1.12. The summed E-state index contributed by atoms with van der Waals surface area (Å²) in [6.45, 7) is 1.79. The fraction of sp³-hybridized carbons (Fsp3) is 0.381. The molecular weight excluding hydrogens is 360 g/mol. The molecule has 1 saturated heterocycles. The zero-order chi connectivity index (χ0) is 19.6. The molecule has 0 aliphatic carbocycles. The molecule has 4 rings (SSSR count). The van der Waals surface area contributed by atoms with Gasteiger partial charge in [-0.3, -0.25) is 9.69 Å². The first-order chi connectivity index (χ1) is 13.6. The number of aliphatic hydroxyl groups is 1. The summed E-state index contributed by atoms with van der Waals surface area (Å²) in [5, 5.41) is 14.0. The number of hydrogen-bond donors (Lipinski definition) is 2. The summed E-state index contributed by atoms with van der Waals surface area (Å²) in [5.41, 5.74) is 0.656. The number of carbonyl (C=O) groups is 1. The van der Waals surface area contributed by atoms with Gasteiger partial charge in [-0.25, -0.2) is 0 Å². The van der Waals surface area contributed by atoms with Crippen molar-refractivity contribution in [1.82, 2.24) is 4.90 Å². The van der Waals surface area contributed by atoms with Gasteiger partial charge in [-0.05, 0) is 54.8 Å². The molecule has 0 atom stereocenters. The number of nitrogens with zero attached hydrogens (tertiary/aromatic N) is 1. The van der Waals surface area contributed by atoms with E-state index in [2.05, 4.69) is 10.2 Å². The Morgan fingerprint density at radius 1 is 1.14 bits per heavy atom. The number of methoxy groups -OCH3 is 1. The van der Waals surface area contributed by atoms with Gasteiger partial charge >= 0.3 is 0 Å². The van der Waals surface area contributed by atoms with Gasteiger partial charge in [0.2, 0.25) is 12.7 Å². The van der Waals surface area contributed by atoms with E-state index in [-0.39, 0.29) is 12.7 Å². The van der Waals surface area contributed by atoms with Gasteiger partial charge in [0.15, 0.2) is 11.5 Å². The Labute approximate surface area is 163 Å². The predicted molar refractivity (Wildman–Crippen MR) is 104 cm³/mol. The number of amides is 1. The first-order valence-corrected chi connectivity index (χ1v) is 9.34. The summed E-state index contributed by atoms with van der Waals surface area (Å²) in [6, 6.07) is 12.8. The van der Waals surface area contributed by atoms with E-state index in [1.165, 1.54) is 0 Å². The molecule has 2 aliphatic rings. The van der Waals surface area contributed by atoms with Gasteiger partial charge in [-0.2, -0.15) is 0 Å². The summed E-state index contributed by atoms with van der Waals surface area (Å²) in [5.74, 6) is 2.06. The van der Waals surface area contributed by atoms with Crippen molar-refractivity contribution in [2.24, 2.45) is 0 Å². The largest absolute Gasteiger partial charge is 0.497 e. The lowest BCUT2D eigenvalue weighted by Crippen LogP contribution is -2.45. The summed E-state index contributed by atoms with van der Waals surface area (Å²) < 4.78 is 15.9. The van der Waals surface area contributed by atoms with E-state index in [1.807, 2.05) is 42.5 Å². The maximum Gasteiger partial charge on any atom is 0.238 e. The topological polar surface area (TPSA) is 80.3 Å². The van der Waals surface area contributed by atoms with E-state index in [9.17, 15) is 9.90 Å². The van der Waals surface area contributed by atoms with Crippen LogP contribution in [0.25, 0.3) is 0 Å². The van der Waals surface area contributed by atoms with E-state index >= 15 is 0 Å². The van der Waals surface area contributed by atoms with E-state index in [4.69, 9.17) is 14.2 Å². The molecule has 2 heterocycles. The van der Waals surface area contributed by atoms with Crippen LogP contribution in [0.4, 0.5) is 5.69 Å². The molecule has 0 bridgehead atoms.